The van der Waals surface area contributed by atoms with Crippen LogP contribution in [0.3, 0.4) is 0 Å². The molecule has 1 aliphatic rings. The highest BCUT2D eigenvalue weighted by Gasteiger charge is 2.21. The lowest BCUT2D eigenvalue weighted by atomic mass is 10.1. The summed E-state index contributed by atoms with van der Waals surface area (Å²) in [6.07, 6.45) is 3.97. The number of nitrogens with zero attached hydrogens (tertiary/aromatic N) is 2. The zero-order valence-electron chi connectivity index (χ0n) is 10.1. The van der Waals surface area contributed by atoms with E-state index in [1.54, 1.807) is 0 Å². The molecule has 1 rings (SSSR count). The first-order valence-electron chi connectivity index (χ1n) is 5.88. The first-order valence-corrected chi connectivity index (χ1v) is 5.88. The van der Waals surface area contributed by atoms with Crippen molar-refractivity contribution in [1.29, 1.82) is 0 Å². The van der Waals surface area contributed by atoms with E-state index in [0.29, 0.717) is 32.5 Å². The molecule has 4 nitrogen and oxygen atoms in total. The van der Waals surface area contributed by atoms with Crippen LogP contribution in [0.5, 0.6) is 0 Å². The fourth-order valence-electron chi connectivity index (χ4n) is 1.84. The molecule has 0 aromatic carbocycles. The van der Waals surface area contributed by atoms with Crippen molar-refractivity contribution >= 4 is 5.91 Å². The van der Waals surface area contributed by atoms with E-state index in [2.05, 4.69) is 6.58 Å². The Labute approximate surface area is 97.5 Å². The van der Waals surface area contributed by atoms with Gasteiger partial charge in [0.2, 0.25) is 5.91 Å². The minimum Gasteiger partial charge on any atom is -0.393 e. The normalized spacial score (nSPS) is 17.8. The van der Waals surface area contributed by atoms with Crippen LogP contribution in [-0.4, -0.2) is 60.1 Å². The summed E-state index contributed by atoms with van der Waals surface area (Å²) in [5.41, 5.74) is 0. The molecule has 92 valence electrons. The lowest BCUT2D eigenvalue weighted by Gasteiger charge is -2.31. The van der Waals surface area contributed by atoms with E-state index in [0.717, 1.165) is 13.0 Å². The van der Waals surface area contributed by atoms with Crippen molar-refractivity contribution in [3.05, 3.63) is 12.7 Å². The molecular formula is C12H22N2O2. The molecule has 0 aromatic rings. The summed E-state index contributed by atoms with van der Waals surface area (Å²) in [6, 6.07) is 0. The largest absolute Gasteiger partial charge is 0.393 e. The number of piperidine rings is 1. The van der Waals surface area contributed by atoms with Gasteiger partial charge in [-0.3, -0.25) is 9.69 Å². The van der Waals surface area contributed by atoms with Crippen molar-refractivity contribution in [3.63, 3.8) is 0 Å². The highest BCUT2D eigenvalue weighted by atomic mass is 16.3. The van der Waals surface area contributed by atoms with E-state index >= 15 is 0 Å². The Morgan fingerprint density at radius 1 is 1.56 bits per heavy atom. The van der Waals surface area contributed by atoms with Crippen LogP contribution in [0.15, 0.2) is 12.7 Å². The van der Waals surface area contributed by atoms with Gasteiger partial charge < -0.3 is 10.0 Å². The predicted octanol–water partition coefficient (Wildman–Crippen LogP) is 0.478. The van der Waals surface area contributed by atoms with Gasteiger partial charge in [0, 0.05) is 19.6 Å². The molecule has 0 atom stereocenters. The van der Waals surface area contributed by atoms with Crippen LogP contribution in [0.4, 0.5) is 0 Å². The molecule has 0 aliphatic carbocycles. The van der Waals surface area contributed by atoms with Gasteiger partial charge in [-0.05, 0) is 26.3 Å². The number of carbonyl (C=O) groups excluding carboxylic acids is 1. The number of aliphatic hydroxyl groups excluding tert-OH is 1. The number of hydrogen-bond donors (Lipinski definition) is 1. The molecule has 4 heteroatoms. The molecule has 1 amide bonds. The Morgan fingerprint density at radius 3 is 2.75 bits per heavy atom. The molecule has 1 heterocycles. The molecule has 0 aromatic heterocycles. The topological polar surface area (TPSA) is 43.8 Å². The van der Waals surface area contributed by atoms with Gasteiger partial charge in [-0.25, -0.2) is 0 Å². The maximum absolute atomic E-state index is 11.9. The second kappa shape index (κ2) is 6.66. The fourth-order valence-corrected chi connectivity index (χ4v) is 1.84. The van der Waals surface area contributed by atoms with Crippen molar-refractivity contribution in [3.8, 4) is 0 Å². The van der Waals surface area contributed by atoms with Crippen molar-refractivity contribution in [1.82, 2.24) is 9.80 Å². The highest BCUT2D eigenvalue weighted by Crippen LogP contribution is 2.10. The maximum Gasteiger partial charge on any atom is 0.236 e. The lowest BCUT2D eigenvalue weighted by molar-refractivity contribution is -0.134. The molecule has 1 saturated heterocycles. The Kier molecular flexibility index (Phi) is 5.49. The Hall–Kier alpha value is -0.870. The molecule has 0 spiro atoms. The lowest BCUT2D eigenvalue weighted by Crippen LogP contribution is -2.44. The van der Waals surface area contributed by atoms with Crippen LogP contribution in [0.1, 0.15) is 19.3 Å². The fraction of sp³-hybridized carbons (Fsp3) is 0.750. The summed E-state index contributed by atoms with van der Waals surface area (Å²) in [6.45, 7) is 6.37. The first kappa shape index (κ1) is 13.2. The summed E-state index contributed by atoms with van der Waals surface area (Å²) in [5.74, 6) is 0.165. The third-order valence-corrected chi connectivity index (χ3v) is 2.94. The van der Waals surface area contributed by atoms with Crippen LogP contribution in [0.2, 0.25) is 0 Å². The van der Waals surface area contributed by atoms with Gasteiger partial charge in [0.15, 0.2) is 0 Å². The van der Waals surface area contributed by atoms with E-state index in [-0.39, 0.29) is 12.0 Å². The van der Waals surface area contributed by atoms with Gasteiger partial charge in [-0.1, -0.05) is 6.08 Å². The van der Waals surface area contributed by atoms with Crippen LogP contribution in [0, 0.1) is 0 Å². The minimum atomic E-state index is -0.220. The Balaban J connectivity index is 2.26. The van der Waals surface area contributed by atoms with E-state index in [9.17, 15) is 9.90 Å². The van der Waals surface area contributed by atoms with Crippen molar-refractivity contribution in [2.24, 2.45) is 0 Å². The van der Waals surface area contributed by atoms with Gasteiger partial charge in [0.05, 0.1) is 12.6 Å². The maximum atomic E-state index is 11.9. The first-order chi connectivity index (χ1) is 7.63. The number of hydrogen-bond acceptors (Lipinski definition) is 3. The Bertz CT molecular complexity index is 235. The van der Waals surface area contributed by atoms with Crippen molar-refractivity contribution in [2.45, 2.75) is 25.4 Å². The van der Waals surface area contributed by atoms with Gasteiger partial charge in [0.25, 0.3) is 0 Å². The summed E-state index contributed by atoms with van der Waals surface area (Å²) in [5, 5.41) is 9.35. The summed E-state index contributed by atoms with van der Waals surface area (Å²) in [7, 11) is 1.94. The van der Waals surface area contributed by atoms with E-state index in [1.807, 2.05) is 22.9 Å². The number of amides is 1. The molecule has 1 fully saturated rings. The second-order valence-corrected chi connectivity index (χ2v) is 4.43. The third kappa shape index (κ3) is 4.33. The SMILES string of the molecule is C=CCCN(C)CC(=O)N1CCC(O)CC1. The summed E-state index contributed by atoms with van der Waals surface area (Å²) in [4.78, 5) is 15.7. The zero-order valence-corrected chi connectivity index (χ0v) is 10.1. The smallest absolute Gasteiger partial charge is 0.236 e. The quantitative estimate of drug-likeness (QED) is 0.693. The molecule has 16 heavy (non-hydrogen) atoms. The molecular weight excluding hydrogens is 204 g/mol. The summed E-state index contributed by atoms with van der Waals surface area (Å²) >= 11 is 0. The monoisotopic (exact) mass is 226 g/mol. The second-order valence-electron chi connectivity index (χ2n) is 4.43. The van der Waals surface area contributed by atoms with Gasteiger partial charge in [-0.2, -0.15) is 0 Å². The molecule has 0 radical (unpaired) electrons. The van der Waals surface area contributed by atoms with Gasteiger partial charge >= 0.3 is 0 Å². The molecule has 0 unspecified atom stereocenters. The van der Waals surface area contributed by atoms with Gasteiger partial charge in [-0.15, -0.1) is 6.58 Å². The highest BCUT2D eigenvalue weighted by molar-refractivity contribution is 5.78. The number of likely N-dealkylation sites (N-methyl/N-ethyl adjacent to an activating group) is 1. The van der Waals surface area contributed by atoms with Crippen LogP contribution < -0.4 is 0 Å². The van der Waals surface area contributed by atoms with Crippen LogP contribution >= 0.6 is 0 Å². The Morgan fingerprint density at radius 2 is 2.19 bits per heavy atom. The van der Waals surface area contributed by atoms with E-state index in [4.69, 9.17) is 0 Å². The predicted molar refractivity (Wildman–Crippen MR) is 64.1 cm³/mol. The molecule has 0 bridgehead atoms. The van der Waals surface area contributed by atoms with Crippen LogP contribution in [-0.2, 0) is 4.79 Å². The van der Waals surface area contributed by atoms with Crippen molar-refractivity contribution < 1.29 is 9.90 Å². The third-order valence-electron chi connectivity index (χ3n) is 2.94. The summed E-state index contributed by atoms with van der Waals surface area (Å²) < 4.78 is 0. The number of carbonyl (C=O) groups is 1. The molecule has 1 aliphatic heterocycles. The van der Waals surface area contributed by atoms with E-state index in [1.165, 1.54) is 0 Å². The number of likely N-dealkylation sites (tertiary alicyclic amines) is 1. The molecule has 0 saturated carbocycles. The molecule has 1 N–H and O–H groups in total. The van der Waals surface area contributed by atoms with Crippen molar-refractivity contribution in [2.75, 3.05) is 33.2 Å². The minimum absolute atomic E-state index is 0.165. The standard InChI is InChI=1S/C12H22N2O2/c1-3-4-7-13(2)10-12(16)14-8-5-11(15)6-9-14/h3,11,15H,1,4-10H2,2H3. The van der Waals surface area contributed by atoms with Gasteiger partial charge in [0.1, 0.15) is 0 Å². The zero-order chi connectivity index (χ0) is 12.0. The van der Waals surface area contributed by atoms with E-state index < -0.39 is 0 Å². The number of rotatable bonds is 5. The number of aliphatic hydroxyl groups is 1. The average molecular weight is 226 g/mol. The average Bonchev–Trinajstić information content (AvgIpc) is 2.27. The van der Waals surface area contributed by atoms with Crippen LogP contribution in [0.25, 0.3) is 0 Å².